The maximum atomic E-state index is 12.6. The van der Waals surface area contributed by atoms with E-state index in [4.69, 9.17) is 0 Å². The highest BCUT2D eigenvalue weighted by Gasteiger charge is 2.27. The van der Waals surface area contributed by atoms with E-state index in [1.54, 1.807) is 24.8 Å². The van der Waals surface area contributed by atoms with Crippen LogP contribution in [0.15, 0.2) is 30.9 Å². The molecule has 0 aromatic carbocycles. The van der Waals surface area contributed by atoms with Crippen molar-refractivity contribution >= 4 is 17.5 Å². The van der Waals surface area contributed by atoms with Gasteiger partial charge in [0.05, 0.1) is 18.3 Å². The number of nitrogens with one attached hydrogen (secondary N) is 1. The van der Waals surface area contributed by atoms with Crippen LogP contribution in [0.4, 0.5) is 11.6 Å². The summed E-state index contributed by atoms with van der Waals surface area (Å²) < 4.78 is 1.82. The van der Waals surface area contributed by atoms with E-state index in [1.165, 1.54) is 0 Å². The van der Waals surface area contributed by atoms with Crippen molar-refractivity contribution in [2.45, 2.75) is 32.7 Å². The standard InChI is InChI=1S/C16H22N6O/c1-12(2)22-14(5-6-19-22)20-16(23)13-4-3-9-21(11-13)15-10-17-7-8-18-15/h5-8,10,12-13H,3-4,9,11H2,1-2H3,(H,20,23)/t13-/m0/s1. The molecule has 2 aromatic heterocycles. The molecule has 7 heteroatoms. The van der Waals surface area contributed by atoms with Gasteiger partial charge in [-0.1, -0.05) is 0 Å². The third kappa shape index (κ3) is 3.49. The van der Waals surface area contributed by atoms with Gasteiger partial charge >= 0.3 is 0 Å². The Bertz CT molecular complexity index is 654. The van der Waals surface area contributed by atoms with Gasteiger partial charge in [-0.05, 0) is 26.7 Å². The number of nitrogens with zero attached hydrogens (tertiary/aromatic N) is 5. The first kappa shape index (κ1) is 15.5. The monoisotopic (exact) mass is 314 g/mol. The Morgan fingerprint density at radius 2 is 2.22 bits per heavy atom. The van der Waals surface area contributed by atoms with Crippen molar-refractivity contribution in [1.29, 1.82) is 0 Å². The highest BCUT2D eigenvalue weighted by Crippen LogP contribution is 2.22. The normalized spacial score (nSPS) is 18.2. The van der Waals surface area contributed by atoms with Crippen LogP contribution in [0.5, 0.6) is 0 Å². The molecule has 0 aliphatic carbocycles. The molecular formula is C16H22N6O. The predicted molar refractivity (Wildman–Crippen MR) is 88.2 cm³/mol. The Morgan fingerprint density at radius 3 is 2.96 bits per heavy atom. The van der Waals surface area contributed by atoms with Crippen LogP contribution in [0.25, 0.3) is 0 Å². The number of aromatic nitrogens is 4. The van der Waals surface area contributed by atoms with Crippen LogP contribution in [0.2, 0.25) is 0 Å². The second-order valence-corrected chi connectivity index (χ2v) is 6.09. The topological polar surface area (TPSA) is 75.9 Å². The minimum atomic E-state index is -0.0544. The van der Waals surface area contributed by atoms with Crippen LogP contribution < -0.4 is 10.2 Å². The molecule has 2 aromatic rings. The number of carbonyl (C=O) groups is 1. The summed E-state index contributed by atoms with van der Waals surface area (Å²) in [5.41, 5.74) is 0. The van der Waals surface area contributed by atoms with E-state index in [0.29, 0.717) is 6.54 Å². The molecule has 1 aliphatic heterocycles. The lowest BCUT2D eigenvalue weighted by molar-refractivity contribution is -0.120. The van der Waals surface area contributed by atoms with E-state index in [0.717, 1.165) is 31.0 Å². The second kappa shape index (κ2) is 6.76. The first-order valence-electron chi connectivity index (χ1n) is 8.00. The highest BCUT2D eigenvalue weighted by molar-refractivity contribution is 5.92. The van der Waals surface area contributed by atoms with Crippen LogP contribution in [-0.2, 0) is 4.79 Å². The van der Waals surface area contributed by atoms with E-state index in [2.05, 4.69) is 25.3 Å². The summed E-state index contributed by atoms with van der Waals surface area (Å²) in [4.78, 5) is 23.2. The zero-order valence-electron chi connectivity index (χ0n) is 13.5. The van der Waals surface area contributed by atoms with Crippen LogP contribution in [0.3, 0.4) is 0 Å². The summed E-state index contributed by atoms with van der Waals surface area (Å²) in [5, 5.41) is 7.26. The third-order valence-corrected chi connectivity index (χ3v) is 4.08. The summed E-state index contributed by atoms with van der Waals surface area (Å²) in [6.45, 7) is 5.66. The zero-order valence-corrected chi connectivity index (χ0v) is 13.5. The quantitative estimate of drug-likeness (QED) is 0.935. The summed E-state index contributed by atoms with van der Waals surface area (Å²) in [6, 6.07) is 2.05. The highest BCUT2D eigenvalue weighted by atomic mass is 16.2. The van der Waals surface area contributed by atoms with E-state index < -0.39 is 0 Å². The Hall–Kier alpha value is -2.44. The maximum absolute atomic E-state index is 12.6. The number of amides is 1. The molecule has 0 radical (unpaired) electrons. The average Bonchev–Trinajstić information content (AvgIpc) is 3.04. The van der Waals surface area contributed by atoms with Crippen molar-refractivity contribution < 1.29 is 4.79 Å². The van der Waals surface area contributed by atoms with E-state index in [-0.39, 0.29) is 17.9 Å². The van der Waals surface area contributed by atoms with Crippen molar-refractivity contribution in [3.63, 3.8) is 0 Å². The fraction of sp³-hybridized carbons (Fsp3) is 0.500. The molecule has 0 unspecified atom stereocenters. The van der Waals surface area contributed by atoms with E-state index >= 15 is 0 Å². The molecule has 1 aliphatic rings. The Balaban J connectivity index is 1.66. The Kier molecular flexibility index (Phi) is 4.55. The molecule has 3 heterocycles. The van der Waals surface area contributed by atoms with Gasteiger partial charge in [-0.25, -0.2) is 9.67 Å². The lowest BCUT2D eigenvalue weighted by Gasteiger charge is -2.32. The molecule has 1 N–H and O–H groups in total. The predicted octanol–water partition coefficient (Wildman–Crippen LogP) is 2.11. The lowest BCUT2D eigenvalue weighted by atomic mass is 9.97. The molecule has 1 saturated heterocycles. The largest absolute Gasteiger partial charge is 0.355 e. The van der Waals surface area contributed by atoms with Gasteiger partial charge in [0.25, 0.3) is 0 Å². The van der Waals surface area contributed by atoms with E-state index in [1.807, 2.05) is 24.6 Å². The van der Waals surface area contributed by atoms with E-state index in [9.17, 15) is 4.79 Å². The molecule has 122 valence electrons. The summed E-state index contributed by atoms with van der Waals surface area (Å²) in [5.74, 6) is 1.57. The molecular weight excluding hydrogens is 292 g/mol. The Morgan fingerprint density at radius 1 is 1.35 bits per heavy atom. The van der Waals surface area contributed by atoms with Gasteiger partial charge in [-0.2, -0.15) is 5.10 Å². The van der Waals surface area contributed by atoms with Gasteiger partial charge in [0.15, 0.2) is 0 Å². The van der Waals surface area contributed by atoms with Crippen LogP contribution in [-0.4, -0.2) is 38.7 Å². The second-order valence-electron chi connectivity index (χ2n) is 6.09. The van der Waals surface area contributed by atoms with Crippen LogP contribution >= 0.6 is 0 Å². The van der Waals surface area contributed by atoms with Gasteiger partial charge < -0.3 is 10.2 Å². The first-order chi connectivity index (χ1) is 11.1. The molecule has 7 nitrogen and oxygen atoms in total. The number of carbonyl (C=O) groups excluding carboxylic acids is 1. The van der Waals surface area contributed by atoms with Crippen molar-refractivity contribution in [3.05, 3.63) is 30.9 Å². The Labute approximate surface area is 135 Å². The third-order valence-electron chi connectivity index (χ3n) is 4.08. The summed E-state index contributed by atoms with van der Waals surface area (Å²) >= 11 is 0. The SMILES string of the molecule is CC(C)n1nccc1NC(=O)[C@H]1CCCN(c2cnccn2)C1. The van der Waals surface area contributed by atoms with Crippen molar-refractivity contribution in [3.8, 4) is 0 Å². The van der Waals surface area contributed by atoms with Gasteiger partial charge in [0.1, 0.15) is 11.6 Å². The van der Waals surface area contributed by atoms with Crippen molar-refractivity contribution in [1.82, 2.24) is 19.7 Å². The fourth-order valence-corrected chi connectivity index (χ4v) is 2.91. The molecule has 0 spiro atoms. The van der Waals surface area contributed by atoms with Gasteiger partial charge in [-0.3, -0.25) is 9.78 Å². The lowest BCUT2D eigenvalue weighted by Crippen LogP contribution is -2.41. The zero-order chi connectivity index (χ0) is 16.2. The fourth-order valence-electron chi connectivity index (χ4n) is 2.91. The molecule has 23 heavy (non-hydrogen) atoms. The number of hydrogen-bond acceptors (Lipinski definition) is 5. The molecule has 1 atom stereocenters. The minimum Gasteiger partial charge on any atom is -0.355 e. The number of rotatable bonds is 4. The minimum absolute atomic E-state index is 0.0426. The number of piperidine rings is 1. The van der Waals surface area contributed by atoms with Crippen LogP contribution in [0, 0.1) is 5.92 Å². The van der Waals surface area contributed by atoms with Gasteiger partial charge in [0, 0.05) is 37.6 Å². The molecule has 0 saturated carbocycles. The molecule has 1 amide bonds. The first-order valence-corrected chi connectivity index (χ1v) is 8.00. The van der Waals surface area contributed by atoms with Crippen molar-refractivity contribution in [2.75, 3.05) is 23.3 Å². The van der Waals surface area contributed by atoms with Crippen molar-refractivity contribution in [2.24, 2.45) is 5.92 Å². The van der Waals surface area contributed by atoms with Gasteiger partial charge in [0.2, 0.25) is 5.91 Å². The number of anilines is 2. The van der Waals surface area contributed by atoms with Gasteiger partial charge in [-0.15, -0.1) is 0 Å². The summed E-state index contributed by atoms with van der Waals surface area (Å²) in [7, 11) is 0. The molecule has 0 bridgehead atoms. The molecule has 1 fully saturated rings. The summed E-state index contributed by atoms with van der Waals surface area (Å²) in [6.07, 6.45) is 8.65. The molecule has 3 rings (SSSR count). The maximum Gasteiger partial charge on any atom is 0.230 e. The number of hydrogen-bond donors (Lipinski definition) is 1. The van der Waals surface area contributed by atoms with Crippen LogP contribution in [0.1, 0.15) is 32.7 Å². The smallest absolute Gasteiger partial charge is 0.230 e. The average molecular weight is 314 g/mol.